The number of hydrogen-bond donors (Lipinski definition) is 1. The third-order valence-corrected chi connectivity index (χ3v) is 2.53. The Bertz CT molecular complexity index is 558. The molecule has 0 spiro atoms. The van der Waals surface area contributed by atoms with E-state index in [4.69, 9.17) is 10.5 Å². The maximum Gasteiger partial charge on any atom is 0.419 e. The molecular formula is C12H12F3N3O. The Morgan fingerprint density at radius 3 is 2.58 bits per heavy atom. The number of nitrogens with two attached hydrogens (primary N) is 1. The zero-order chi connectivity index (χ0) is 14.0. The molecular weight excluding hydrogens is 259 g/mol. The van der Waals surface area contributed by atoms with Crippen LogP contribution in [0.3, 0.4) is 0 Å². The van der Waals surface area contributed by atoms with Crippen molar-refractivity contribution in [3.05, 3.63) is 41.6 Å². The van der Waals surface area contributed by atoms with E-state index in [0.717, 1.165) is 6.07 Å². The van der Waals surface area contributed by atoms with Gasteiger partial charge in [0.05, 0.1) is 5.56 Å². The van der Waals surface area contributed by atoms with Gasteiger partial charge in [0.25, 0.3) is 0 Å². The second kappa shape index (κ2) is 4.83. The molecule has 0 atom stereocenters. The predicted octanol–water partition coefficient (Wildman–Crippen LogP) is 2.60. The van der Waals surface area contributed by atoms with Crippen molar-refractivity contribution in [2.24, 2.45) is 7.05 Å². The largest absolute Gasteiger partial charge is 0.487 e. The molecule has 1 heterocycles. The van der Waals surface area contributed by atoms with E-state index < -0.39 is 11.7 Å². The number of ether oxygens (including phenoxy) is 1. The summed E-state index contributed by atoms with van der Waals surface area (Å²) in [6.07, 6.45) is -4.44. The number of benzene rings is 1. The number of alkyl halides is 3. The summed E-state index contributed by atoms with van der Waals surface area (Å²) >= 11 is 0. The summed E-state index contributed by atoms with van der Waals surface area (Å²) in [4.78, 5) is 0. The lowest BCUT2D eigenvalue weighted by atomic mass is 10.2. The Morgan fingerprint density at radius 2 is 2.00 bits per heavy atom. The normalized spacial score (nSPS) is 11.6. The summed E-state index contributed by atoms with van der Waals surface area (Å²) < 4.78 is 44.8. The van der Waals surface area contributed by atoms with Crippen LogP contribution >= 0.6 is 0 Å². The number of nitrogen functional groups attached to an aromatic ring is 1. The molecule has 19 heavy (non-hydrogen) atoms. The van der Waals surface area contributed by atoms with Gasteiger partial charge in [0.15, 0.2) is 0 Å². The second-order valence-electron chi connectivity index (χ2n) is 3.97. The molecule has 0 saturated carbocycles. The average molecular weight is 271 g/mol. The van der Waals surface area contributed by atoms with Crippen molar-refractivity contribution in [3.8, 4) is 5.75 Å². The first-order valence-corrected chi connectivity index (χ1v) is 5.45. The minimum Gasteiger partial charge on any atom is -0.487 e. The molecule has 0 unspecified atom stereocenters. The molecule has 0 aliphatic rings. The first kappa shape index (κ1) is 13.3. The van der Waals surface area contributed by atoms with Gasteiger partial charge in [-0.25, -0.2) is 0 Å². The number of anilines is 1. The molecule has 0 bridgehead atoms. The molecule has 0 aliphatic carbocycles. The number of hydrogen-bond acceptors (Lipinski definition) is 3. The SMILES string of the molecule is Cn1nc(COc2ccccc2C(F)(F)F)cc1N. The number of rotatable bonds is 3. The summed E-state index contributed by atoms with van der Waals surface area (Å²) in [6.45, 7) is -0.0713. The monoisotopic (exact) mass is 271 g/mol. The van der Waals surface area contributed by atoms with Crippen molar-refractivity contribution in [3.63, 3.8) is 0 Å². The Kier molecular flexibility index (Phi) is 3.37. The third-order valence-electron chi connectivity index (χ3n) is 2.53. The first-order valence-electron chi connectivity index (χ1n) is 5.45. The highest BCUT2D eigenvalue weighted by molar-refractivity contribution is 5.36. The quantitative estimate of drug-likeness (QED) is 0.933. The summed E-state index contributed by atoms with van der Waals surface area (Å²) in [6, 6.07) is 6.60. The maximum atomic E-state index is 12.7. The van der Waals surface area contributed by atoms with Gasteiger partial charge in [-0.1, -0.05) is 12.1 Å². The molecule has 2 aromatic rings. The third kappa shape index (κ3) is 2.98. The molecule has 1 aromatic carbocycles. The Labute approximate surface area is 107 Å². The highest BCUT2D eigenvalue weighted by atomic mass is 19.4. The fourth-order valence-corrected chi connectivity index (χ4v) is 1.59. The standard InChI is InChI=1S/C12H12F3N3O/c1-18-11(16)6-8(17-18)7-19-10-5-3-2-4-9(10)12(13,14)15/h2-6H,7,16H2,1H3. The lowest BCUT2D eigenvalue weighted by Crippen LogP contribution is -2.08. The summed E-state index contributed by atoms with van der Waals surface area (Å²) in [5.74, 6) is 0.196. The smallest absolute Gasteiger partial charge is 0.419 e. The Morgan fingerprint density at radius 1 is 1.32 bits per heavy atom. The molecule has 2 rings (SSSR count). The zero-order valence-electron chi connectivity index (χ0n) is 10.1. The first-order chi connectivity index (χ1) is 8.88. The lowest BCUT2D eigenvalue weighted by Gasteiger charge is -2.12. The van der Waals surface area contributed by atoms with E-state index in [1.807, 2.05) is 0 Å². The van der Waals surface area contributed by atoms with E-state index >= 15 is 0 Å². The van der Waals surface area contributed by atoms with Crippen molar-refractivity contribution in [2.75, 3.05) is 5.73 Å². The van der Waals surface area contributed by atoms with Crippen molar-refractivity contribution in [1.29, 1.82) is 0 Å². The minimum atomic E-state index is -4.44. The van der Waals surface area contributed by atoms with Gasteiger partial charge < -0.3 is 10.5 Å². The van der Waals surface area contributed by atoms with Gasteiger partial charge in [0.1, 0.15) is 23.9 Å². The number of aryl methyl sites for hydroxylation is 1. The maximum absolute atomic E-state index is 12.7. The number of para-hydroxylation sites is 1. The van der Waals surface area contributed by atoms with Crippen molar-refractivity contribution < 1.29 is 17.9 Å². The fraction of sp³-hybridized carbons (Fsp3) is 0.250. The van der Waals surface area contributed by atoms with Gasteiger partial charge in [0.2, 0.25) is 0 Å². The van der Waals surface area contributed by atoms with Gasteiger partial charge in [-0.3, -0.25) is 4.68 Å². The van der Waals surface area contributed by atoms with E-state index in [2.05, 4.69) is 5.10 Å². The van der Waals surface area contributed by atoms with Crippen LogP contribution in [-0.2, 0) is 19.8 Å². The van der Waals surface area contributed by atoms with Crippen LogP contribution in [0.5, 0.6) is 5.75 Å². The van der Waals surface area contributed by atoms with Crippen LogP contribution < -0.4 is 10.5 Å². The second-order valence-corrected chi connectivity index (χ2v) is 3.97. The molecule has 0 saturated heterocycles. The molecule has 0 radical (unpaired) electrons. The average Bonchev–Trinajstić information content (AvgIpc) is 2.65. The van der Waals surface area contributed by atoms with E-state index in [9.17, 15) is 13.2 Å². The van der Waals surface area contributed by atoms with Crippen LogP contribution in [0.25, 0.3) is 0 Å². The molecule has 0 aliphatic heterocycles. The topological polar surface area (TPSA) is 53.1 Å². The minimum absolute atomic E-state index is 0.0713. The highest BCUT2D eigenvalue weighted by Crippen LogP contribution is 2.36. The molecule has 2 N–H and O–H groups in total. The van der Waals surface area contributed by atoms with Crippen LogP contribution in [0.15, 0.2) is 30.3 Å². The highest BCUT2D eigenvalue weighted by Gasteiger charge is 2.34. The van der Waals surface area contributed by atoms with Gasteiger partial charge in [0, 0.05) is 13.1 Å². The molecule has 1 aromatic heterocycles. The summed E-state index contributed by atoms with van der Waals surface area (Å²) in [7, 11) is 1.64. The number of aromatic nitrogens is 2. The summed E-state index contributed by atoms with van der Waals surface area (Å²) in [5.41, 5.74) is 5.24. The summed E-state index contributed by atoms with van der Waals surface area (Å²) in [5, 5.41) is 4.00. The van der Waals surface area contributed by atoms with Gasteiger partial charge in [-0.2, -0.15) is 18.3 Å². The number of halogens is 3. The fourth-order valence-electron chi connectivity index (χ4n) is 1.59. The predicted molar refractivity (Wildman–Crippen MR) is 63.4 cm³/mol. The van der Waals surface area contributed by atoms with Crippen molar-refractivity contribution in [2.45, 2.75) is 12.8 Å². The van der Waals surface area contributed by atoms with Gasteiger partial charge in [-0.05, 0) is 12.1 Å². The van der Waals surface area contributed by atoms with Crippen LogP contribution in [0.1, 0.15) is 11.3 Å². The van der Waals surface area contributed by atoms with Crippen molar-refractivity contribution in [1.82, 2.24) is 9.78 Å². The van der Waals surface area contributed by atoms with Crippen LogP contribution in [0.2, 0.25) is 0 Å². The zero-order valence-corrected chi connectivity index (χ0v) is 10.1. The molecule has 0 fully saturated rings. The van der Waals surface area contributed by atoms with Gasteiger partial charge in [-0.15, -0.1) is 0 Å². The Balaban J connectivity index is 2.16. The molecule has 102 valence electrons. The van der Waals surface area contributed by atoms with Crippen LogP contribution in [0, 0.1) is 0 Å². The molecule has 4 nitrogen and oxygen atoms in total. The van der Waals surface area contributed by atoms with E-state index in [1.54, 1.807) is 13.1 Å². The molecule has 7 heteroatoms. The van der Waals surface area contributed by atoms with Crippen molar-refractivity contribution >= 4 is 5.82 Å². The van der Waals surface area contributed by atoms with E-state index in [1.165, 1.54) is 22.9 Å². The van der Waals surface area contributed by atoms with E-state index in [0.29, 0.717) is 11.5 Å². The van der Waals surface area contributed by atoms with Gasteiger partial charge >= 0.3 is 6.18 Å². The lowest BCUT2D eigenvalue weighted by molar-refractivity contribution is -0.139. The van der Waals surface area contributed by atoms with Crippen LogP contribution in [0.4, 0.5) is 19.0 Å². The number of nitrogens with zero attached hydrogens (tertiary/aromatic N) is 2. The van der Waals surface area contributed by atoms with Crippen LogP contribution in [-0.4, -0.2) is 9.78 Å². The molecule has 0 amide bonds. The Hall–Kier alpha value is -2.18. The van der Waals surface area contributed by atoms with E-state index in [-0.39, 0.29) is 12.4 Å².